The Labute approximate surface area is 107 Å². The lowest BCUT2D eigenvalue weighted by molar-refractivity contribution is 0.0387. The molecule has 1 N–H and O–H groups in total. The highest BCUT2D eigenvalue weighted by atomic mass is 16.6. The largest absolute Gasteiger partial charge is 0.496 e. The van der Waals surface area contributed by atoms with Gasteiger partial charge in [-0.3, -0.25) is 0 Å². The number of nitrogens with one attached hydrogen (secondary N) is 1. The first kappa shape index (κ1) is 12.7. The van der Waals surface area contributed by atoms with Crippen LogP contribution in [-0.4, -0.2) is 19.8 Å². The fraction of sp³-hybridized carbons (Fsp3) is 0.500. The van der Waals surface area contributed by atoms with Crippen molar-refractivity contribution >= 4 is 6.09 Å². The van der Waals surface area contributed by atoms with E-state index in [1.807, 2.05) is 19.1 Å². The number of hydrogen-bond acceptors (Lipinski definition) is 3. The number of methoxy groups -OCH3 is 1. The van der Waals surface area contributed by atoms with E-state index in [0.717, 1.165) is 16.9 Å². The minimum Gasteiger partial charge on any atom is -0.496 e. The first-order chi connectivity index (χ1) is 8.44. The molecule has 98 valence electrons. The molecule has 1 heterocycles. The third-order valence-corrected chi connectivity index (χ3v) is 3.37. The summed E-state index contributed by atoms with van der Waals surface area (Å²) in [6.07, 6.45) is -0.354. The molecule has 4 heteroatoms. The van der Waals surface area contributed by atoms with Crippen LogP contribution in [0, 0.1) is 12.3 Å². The fourth-order valence-corrected chi connectivity index (χ4v) is 2.31. The van der Waals surface area contributed by atoms with Gasteiger partial charge in [0.2, 0.25) is 0 Å². The van der Waals surface area contributed by atoms with Crippen LogP contribution in [0.2, 0.25) is 0 Å². The quantitative estimate of drug-likeness (QED) is 0.876. The van der Waals surface area contributed by atoms with Crippen LogP contribution in [0.15, 0.2) is 18.2 Å². The van der Waals surface area contributed by atoms with Gasteiger partial charge in [0.05, 0.1) is 13.2 Å². The van der Waals surface area contributed by atoms with Gasteiger partial charge in [-0.05, 0) is 24.1 Å². The van der Waals surface area contributed by atoms with Crippen LogP contribution in [0.4, 0.5) is 4.79 Å². The number of ether oxygens (including phenoxy) is 2. The van der Waals surface area contributed by atoms with Crippen molar-refractivity contribution in [3.8, 4) is 5.75 Å². The van der Waals surface area contributed by atoms with Gasteiger partial charge in [-0.1, -0.05) is 26.0 Å². The predicted molar refractivity (Wildman–Crippen MR) is 68.7 cm³/mol. The zero-order valence-electron chi connectivity index (χ0n) is 11.2. The molecule has 0 aliphatic carbocycles. The van der Waals surface area contributed by atoms with Gasteiger partial charge in [0.25, 0.3) is 0 Å². The topological polar surface area (TPSA) is 47.6 Å². The fourth-order valence-electron chi connectivity index (χ4n) is 2.31. The summed E-state index contributed by atoms with van der Waals surface area (Å²) in [5, 5.41) is 2.89. The monoisotopic (exact) mass is 249 g/mol. The maximum Gasteiger partial charge on any atom is 0.407 e. The van der Waals surface area contributed by atoms with E-state index >= 15 is 0 Å². The van der Waals surface area contributed by atoms with E-state index in [1.54, 1.807) is 7.11 Å². The summed E-state index contributed by atoms with van der Waals surface area (Å²) in [6.45, 7) is 6.58. The lowest BCUT2D eigenvalue weighted by atomic mass is 9.80. The highest BCUT2D eigenvalue weighted by Crippen LogP contribution is 2.37. The predicted octanol–water partition coefficient (Wildman–Crippen LogP) is 2.81. The molecule has 1 atom stereocenters. The number of benzene rings is 1. The normalized spacial score (nSPS) is 22.0. The molecular weight excluding hydrogens is 230 g/mol. The van der Waals surface area contributed by atoms with Crippen molar-refractivity contribution in [1.82, 2.24) is 5.32 Å². The first-order valence-corrected chi connectivity index (χ1v) is 6.02. The van der Waals surface area contributed by atoms with E-state index in [-0.39, 0.29) is 17.6 Å². The maximum absolute atomic E-state index is 11.4. The van der Waals surface area contributed by atoms with Crippen LogP contribution in [0.3, 0.4) is 0 Å². The van der Waals surface area contributed by atoms with Crippen molar-refractivity contribution in [1.29, 1.82) is 0 Å². The second-order valence-electron chi connectivity index (χ2n) is 5.37. The summed E-state index contributed by atoms with van der Waals surface area (Å²) in [6, 6.07) is 5.94. The SMILES string of the molecule is COc1ccc([C@@H]2NC(=O)OCC2(C)C)cc1C. The lowest BCUT2D eigenvalue weighted by Crippen LogP contribution is -2.46. The molecule has 1 aliphatic heterocycles. The number of carbonyl (C=O) groups is 1. The highest BCUT2D eigenvalue weighted by molar-refractivity contribution is 5.69. The molecule has 0 saturated carbocycles. The average molecular weight is 249 g/mol. The molecular formula is C14H19NO3. The van der Waals surface area contributed by atoms with E-state index in [1.165, 1.54) is 0 Å². The molecule has 0 aromatic heterocycles. The maximum atomic E-state index is 11.4. The Bertz CT molecular complexity index is 468. The summed E-state index contributed by atoms with van der Waals surface area (Å²) in [5.41, 5.74) is 2.01. The number of alkyl carbamates (subject to hydrolysis) is 1. The summed E-state index contributed by atoms with van der Waals surface area (Å²) in [7, 11) is 1.65. The molecule has 1 aliphatic rings. The van der Waals surface area contributed by atoms with Gasteiger partial charge in [0, 0.05) is 5.41 Å². The van der Waals surface area contributed by atoms with Gasteiger partial charge < -0.3 is 14.8 Å². The molecule has 18 heavy (non-hydrogen) atoms. The number of amides is 1. The van der Waals surface area contributed by atoms with Crippen molar-refractivity contribution in [2.24, 2.45) is 5.41 Å². The minimum absolute atomic E-state index is 0.0386. The van der Waals surface area contributed by atoms with Crippen LogP contribution < -0.4 is 10.1 Å². The van der Waals surface area contributed by atoms with Crippen molar-refractivity contribution in [2.45, 2.75) is 26.8 Å². The molecule has 0 bridgehead atoms. The number of carbonyl (C=O) groups excluding carboxylic acids is 1. The van der Waals surface area contributed by atoms with Gasteiger partial charge >= 0.3 is 6.09 Å². The van der Waals surface area contributed by atoms with Crippen LogP contribution >= 0.6 is 0 Å². The van der Waals surface area contributed by atoms with E-state index in [0.29, 0.717) is 6.61 Å². The van der Waals surface area contributed by atoms with E-state index < -0.39 is 0 Å². The van der Waals surface area contributed by atoms with Crippen LogP contribution in [0.25, 0.3) is 0 Å². The number of cyclic esters (lactones) is 1. The zero-order valence-corrected chi connectivity index (χ0v) is 11.2. The summed E-state index contributed by atoms with van der Waals surface area (Å²) < 4.78 is 10.3. The Morgan fingerprint density at radius 1 is 1.44 bits per heavy atom. The van der Waals surface area contributed by atoms with Crippen molar-refractivity contribution in [2.75, 3.05) is 13.7 Å². The first-order valence-electron chi connectivity index (χ1n) is 6.02. The molecule has 4 nitrogen and oxygen atoms in total. The minimum atomic E-state index is -0.354. The van der Waals surface area contributed by atoms with Crippen LogP contribution in [0.1, 0.15) is 31.0 Å². The molecule has 1 saturated heterocycles. The Kier molecular flexibility index (Phi) is 3.20. The Balaban J connectivity index is 2.34. The Morgan fingerprint density at radius 3 is 2.78 bits per heavy atom. The molecule has 0 spiro atoms. The second kappa shape index (κ2) is 4.52. The zero-order chi connectivity index (χ0) is 13.3. The second-order valence-corrected chi connectivity index (χ2v) is 5.37. The lowest BCUT2D eigenvalue weighted by Gasteiger charge is -2.38. The van der Waals surface area contributed by atoms with Gasteiger partial charge in [-0.15, -0.1) is 0 Å². The van der Waals surface area contributed by atoms with Gasteiger partial charge in [-0.25, -0.2) is 4.79 Å². The molecule has 0 unspecified atom stereocenters. The van der Waals surface area contributed by atoms with E-state index in [2.05, 4.69) is 25.2 Å². The van der Waals surface area contributed by atoms with Gasteiger partial charge in [0.1, 0.15) is 12.4 Å². The van der Waals surface area contributed by atoms with E-state index in [9.17, 15) is 4.79 Å². The molecule has 1 aromatic carbocycles. The van der Waals surface area contributed by atoms with Gasteiger partial charge in [-0.2, -0.15) is 0 Å². The summed E-state index contributed by atoms with van der Waals surface area (Å²) in [4.78, 5) is 11.4. The summed E-state index contributed by atoms with van der Waals surface area (Å²) >= 11 is 0. The average Bonchev–Trinajstić information content (AvgIpc) is 2.32. The van der Waals surface area contributed by atoms with Gasteiger partial charge in [0.15, 0.2) is 0 Å². The highest BCUT2D eigenvalue weighted by Gasteiger charge is 2.37. The molecule has 2 rings (SSSR count). The Morgan fingerprint density at radius 2 is 2.17 bits per heavy atom. The van der Waals surface area contributed by atoms with Crippen LogP contribution in [-0.2, 0) is 4.74 Å². The third kappa shape index (κ3) is 2.28. The molecule has 1 aromatic rings. The van der Waals surface area contributed by atoms with Crippen molar-refractivity contribution in [3.63, 3.8) is 0 Å². The van der Waals surface area contributed by atoms with E-state index in [4.69, 9.17) is 9.47 Å². The number of aryl methyl sites for hydroxylation is 1. The Hall–Kier alpha value is -1.71. The van der Waals surface area contributed by atoms with Crippen molar-refractivity contribution in [3.05, 3.63) is 29.3 Å². The summed E-state index contributed by atoms with van der Waals surface area (Å²) in [5.74, 6) is 0.856. The molecule has 1 amide bonds. The number of hydrogen-bond donors (Lipinski definition) is 1. The smallest absolute Gasteiger partial charge is 0.407 e. The number of rotatable bonds is 2. The third-order valence-electron chi connectivity index (χ3n) is 3.37. The standard InChI is InChI=1S/C14H19NO3/c1-9-7-10(5-6-11(9)17-4)12-14(2,3)8-18-13(16)15-12/h5-7,12H,8H2,1-4H3,(H,15,16)/t12-/m0/s1. The van der Waals surface area contributed by atoms with Crippen molar-refractivity contribution < 1.29 is 14.3 Å². The molecule has 1 fully saturated rings. The van der Waals surface area contributed by atoms with Crippen LogP contribution in [0.5, 0.6) is 5.75 Å². The molecule has 0 radical (unpaired) electrons.